The SMILES string of the molecule is CCc1cc(C(=O)Nc2ccc(C(=O)O)cc2)n(CC)n1. The zero-order chi connectivity index (χ0) is 15.4. The standard InChI is InChI=1S/C15H17N3O3/c1-3-11-9-13(18(4-2)17-11)14(19)16-12-7-5-10(6-8-12)15(20)21/h5-9H,3-4H2,1-2H3,(H,16,19)(H,20,21). The topological polar surface area (TPSA) is 84.2 Å². The van der Waals surface area contributed by atoms with Gasteiger partial charge in [-0.3, -0.25) is 9.48 Å². The molecule has 1 aromatic carbocycles. The van der Waals surface area contributed by atoms with Crippen LogP contribution in [-0.4, -0.2) is 26.8 Å². The minimum Gasteiger partial charge on any atom is -0.478 e. The first kappa shape index (κ1) is 14.8. The maximum atomic E-state index is 12.3. The van der Waals surface area contributed by atoms with Crippen LogP contribution >= 0.6 is 0 Å². The van der Waals surface area contributed by atoms with Crippen LogP contribution in [0.15, 0.2) is 30.3 Å². The van der Waals surface area contributed by atoms with Gasteiger partial charge in [0.25, 0.3) is 5.91 Å². The third-order valence-electron chi connectivity index (χ3n) is 3.11. The molecule has 6 nitrogen and oxygen atoms in total. The van der Waals surface area contributed by atoms with Crippen LogP contribution in [0.25, 0.3) is 0 Å². The number of aryl methyl sites for hydroxylation is 2. The van der Waals surface area contributed by atoms with E-state index in [2.05, 4.69) is 10.4 Å². The van der Waals surface area contributed by atoms with Crippen LogP contribution in [0, 0.1) is 0 Å². The van der Waals surface area contributed by atoms with E-state index in [0.29, 0.717) is 17.9 Å². The van der Waals surface area contributed by atoms with E-state index in [1.807, 2.05) is 13.8 Å². The summed E-state index contributed by atoms with van der Waals surface area (Å²) in [5, 5.41) is 15.9. The Morgan fingerprint density at radius 2 is 1.90 bits per heavy atom. The van der Waals surface area contributed by atoms with Crippen LogP contribution in [-0.2, 0) is 13.0 Å². The molecule has 1 amide bonds. The van der Waals surface area contributed by atoms with E-state index >= 15 is 0 Å². The first-order valence-electron chi connectivity index (χ1n) is 6.76. The lowest BCUT2D eigenvalue weighted by Crippen LogP contribution is -2.17. The average molecular weight is 287 g/mol. The summed E-state index contributed by atoms with van der Waals surface area (Å²) in [4.78, 5) is 23.0. The number of rotatable bonds is 5. The number of hydrogen-bond acceptors (Lipinski definition) is 3. The number of benzene rings is 1. The van der Waals surface area contributed by atoms with Gasteiger partial charge >= 0.3 is 5.97 Å². The van der Waals surface area contributed by atoms with Crippen molar-refractivity contribution in [2.24, 2.45) is 0 Å². The van der Waals surface area contributed by atoms with Gasteiger partial charge in [0.2, 0.25) is 0 Å². The molecule has 0 atom stereocenters. The first-order valence-corrected chi connectivity index (χ1v) is 6.76. The Morgan fingerprint density at radius 1 is 1.24 bits per heavy atom. The van der Waals surface area contributed by atoms with Crippen molar-refractivity contribution in [3.63, 3.8) is 0 Å². The van der Waals surface area contributed by atoms with Gasteiger partial charge in [0.05, 0.1) is 11.3 Å². The summed E-state index contributed by atoms with van der Waals surface area (Å²) in [6.07, 6.45) is 0.764. The zero-order valence-corrected chi connectivity index (χ0v) is 12.0. The van der Waals surface area contributed by atoms with Crippen LogP contribution in [0.3, 0.4) is 0 Å². The van der Waals surface area contributed by atoms with Gasteiger partial charge in [-0.25, -0.2) is 4.79 Å². The molecule has 0 aliphatic carbocycles. The van der Waals surface area contributed by atoms with Crippen LogP contribution in [0.5, 0.6) is 0 Å². The molecule has 21 heavy (non-hydrogen) atoms. The highest BCUT2D eigenvalue weighted by Gasteiger charge is 2.14. The molecule has 0 fully saturated rings. The highest BCUT2D eigenvalue weighted by molar-refractivity contribution is 6.03. The second-order valence-electron chi connectivity index (χ2n) is 4.53. The number of nitrogens with one attached hydrogen (secondary N) is 1. The number of anilines is 1. The van der Waals surface area contributed by atoms with Crippen molar-refractivity contribution in [3.05, 3.63) is 47.3 Å². The summed E-state index contributed by atoms with van der Waals surface area (Å²) in [6.45, 7) is 4.51. The van der Waals surface area contributed by atoms with E-state index in [-0.39, 0.29) is 11.5 Å². The maximum absolute atomic E-state index is 12.3. The Balaban J connectivity index is 2.17. The van der Waals surface area contributed by atoms with Crippen molar-refractivity contribution in [3.8, 4) is 0 Å². The Bertz CT molecular complexity index is 659. The fourth-order valence-corrected chi connectivity index (χ4v) is 1.96. The fourth-order valence-electron chi connectivity index (χ4n) is 1.96. The largest absolute Gasteiger partial charge is 0.478 e. The Labute approximate surface area is 122 Å². The molecule has 110 valence electrons. The van der Waals surface area contributed by atoms with E-state index < -0.39 is 5.97 Å². The molecule has 0 aliphatic rings. The molecule has 0 spiro atoms. The molecule has 0 aliphatic heterocycles. The van der Waals surface area contributed by atoms with Crippen LogP contribution in [0.2, 0.25) is 0 Å². The number of hydrogen-bond donors (Lipinski definition) is 2. The predicted octanol–water partition coefficient (Wildman–Crippen LogP) is 2.42. The summed E-state index contributed by atoms with van der Waals surface area (Å²) in [5.41, 5.74) is 2.09. The first-order chi connectivity index (χ1) is 10.0. The molecular formula is C15H17N3O3. The molecule has 0 saturated heterocycles. The Kier molecular flexibility index (Phi) is 4.37. The smallest absolute Gasteiger partial charge is 0.335 e. The molecule has 2 N–H and O–H groups in total. The third-order valence-corrected chi connectivity index (χ3v) is 3.11. The number of aromatic carboxylic acids is 1. The zero-order valence-electron chi connectivity index (χ0n) is 12.0. The van der Waals surface area contributed by atoms with Crippen molar-refractivity contribution in [1.29, 1.82) is 0 Å². The molecule has 0 radical (unpaired) electrons. The van der Waals surface area contributed by atoms with Gasteiger partial charge in [0.1, 0.15) is 5.69 Å². The maximum Gasteiger partial charge on any atom is 0.335 e. The summed E-state index contributed by atoms with van der Waals surface area (Å²) in [7, 11) is 0. The van der Waals surface area contributed by atoms with Crippen LogP contribution in [0.1, 0.15) is 40.4 Å². The van der Waals surface area contributed by atoms with Crippen LogP contribution < -0.4 is 5.32 Å². The molecule has 1 heterocycles. The summed E-state index contributed by atoms with van der Waals surface area (Å²) >= 11 is 0. The van der Waals surface area contributed by atoms with Crippen molar-refractivity contribution in [2.45, 2.75) is 26.8 Å². The van der Waals surface area contributed by atoms with Crippen molar-refractivity contribution in [1.82, 2.24) is 9.78 Å². The van der Waals surface area contributed by atoms with Gasteiger partial charge in [-0.1, -0.05) is 6.92 Å². The quantitative estimate of drug-likeness (QED) is 0.884. The minimum atomic E-state index is -0.996. The van der Waals surface area contributed by atoms with Gasteiger partial charge in [-0.05, 0) is 43.7 Å². The highest BCUT2D eigenvalue weighted by Crippen LogP contribution is 2.13. The molecule has 0 saturated carbocycles. The van der Waals surface area contributed by atoms with Gasteiger partial charge in [0.15, 0.2) is 0 Å². The molecule has 6 heteroatoms. The number of amides is 1. The second kappa shape index (κ2) is 6.21. The second-order valence-corrected chi connectivity index (χ2v) is 4.53. The number of carboxylic acid groups (broad SMARTS) is 1. The van der Waals surface area contributed by atoms with Crippen molar-refractivity contribution < 1.29 is 14.7 Å². The molecule has 0 unspecified atom stereocenters. The summed E-state index contributed by atoms with van der Waals surface area (Å²) in [6, 6.07) is 7.80. The molecular weight excluding hydrogens is 270 g/mol. The molecule has 2 aromatic rings. The highest BCUT2D eigenvalue weighted by atomic mass is 16.4. The summed E-state index contributed by atoms with van der Waals surface area (Å²) < 4.78 is 1.65. The van der Waals surface area contributed by atoms with Gasteiger partial charge in [0, 0.05) is 12.2 Å². The van der Waals surface area contributed by atoms with Crippen molar-refractivity contribution >= 4 is 17.6 Å². The lowest BCUT2D eigenvalue weighted by atomic mass is 10.2. The van der Waals surface area contributed by atoms with E-state index in [4.69, 9.17) is 5.11 Å². The number of carbonyl (C=O) groups is 2. The van der Waals surface area contributed by atoms with E-state index in [1.165, 1.54) is 12.1 Å². The van der Waals surface area contributed by atoms with Crippen molar-refractivity contribution in [2.75, 3.05) is 5.32 Å². The Morgan fingerprint density at radius 3 is 2.43 bits per heavy atom. The number of nitrogens with zero attached hydrogens (tertiary/aromatic N) is 2. The molecule has 0 bridgehead atoms. The lowest BCUT2D eigenvalue weighted by Gasteiger charge is -2.06. The van der Waals surface area contributed by atoms with Crippen LogP contribution in [0.4, 0.5) is 5.69 Å². The average Bonchev–Trinajstić information content (AvgIpc) is 2.91. The van der Waals surface area contributed by atoms with Gasteiger partial charge in [-0.2, -0.15) is 5.10 Å². The number of carbonyl (C=O) groups excluding carboxylic acids is 1. The van der Waals surface area contributed by atoms with Gasteiger partial charge < -0.3 is 10.4 Å². The minimum absolute atomic E-state index is 0.180. The predicted molar refractivity (Wildman–Crippen MR) is 78.6 cm³/mol. The monoisotopic (exact) mass is 287 g/mol. The fraction of sp³-hybridized carbons (Fsp3) is 0.267. The third kappa shape index (κ3) is 3.28. The number of aromatic nitrogens is 2. The Hall–Kier alpha value is -2.63. The normalized spacial score (nSPS) is 10.4. The van der Waals surface area contributed by atoms with Gasteiger partial charge in [-0.15, -0.1) is 0 Å². The summed E-state index contributed by atoms with van der Waals surface area (Å²) in [5.74, 6) is -1.25. The molecule has 1 aromatic heterocycles. The number of carboxylic acids is 1. The van der Waals surface area contributed by atoms with E-state index in [0.717, 1.165) is 12.1 Å². The van der Waals surface area contributed by atoms with E-state index in [9.17, 15) is 9.59 Å². The molecule has 2 rings (SSSR count). The van der Waals surface area contributed by atoms with E-state index in [1.54, 1.807) is 22.9 Å². The lowest BCUT2D eigenvalue weighted by molar-refractivity contribution is 0.0696.